The Hall–Kier alpha value is -2.40. The number of aliphatic hydroxyl groups excluding tert-OH is 1. The van der Waals surface area contributed by atoms with E-state index in [1.54, 1.807) is 0 Å². The van der Waals surface area contributed by atoms with Crippen molar-refractivity contribution in [2.45, 2.75) is 20.0 Å². The predicted octanol–water partition coefficient (Wildman–Crippen LogP) is 3.00. The summed E-state index contributed by atoms with van der Waals surface area (Å²) in [5.41, 5.74) is 8.95. The third-order valence-electron chi connectivity index (χ3n) is 3.74. The van der Waals surface area contributed by atoms with Gasteiger partial charge in [-0.2, -0.15) is 0 Å². The Morgan fingerprint density at radius 1 is 1.26 bits per heavy atom. The summed E-state index contributed by atoms with van der Waals surface area (Å²) in [4.78, 5) is 14.2. The normalized spacial score (nSPS) is 12.0. The van der Waals surface area contributed by atoms with Crippen LogP contribution in [0.25, 0.3) is 0 Å². The molecule has 0 spiro atoms. The van der Waals surface area contributed by atoms with Gasteiger partial charge in [0.2, 0.25) is 0 Å². The number of nitro benzene ring substituents is 1. The summed E-state index contributed by atoms with van der Waals surface area (Å²) in [5, 5.41) is 23.5. The van der Waals surface area contributed by atoms with Gasteiger partial charge in [-0.05, 0) is 49.2 Å². The van der Waals surface area contributed by atoms with Crippen LogP contribution in [0.2, 0.25) is 0 Å². The average Bonchev–Trinajstić information content (AvgIpc) is 2.61. The minimum atomic E-state index is -0.856. The lowest BCUT2D eigenvalue weighted by molar-refractivity contribution is -0.384. The first kappa shape index (κ1) is 22.6. The quantitative estimate of drug-likeness (QED) is 0.182. The van der Waals surface area contributed by atoms with Crippen LogP contribution in [0.1, 0.15) is 11.1 Å². The highest BCUT2D eigenvalue weighted by atomic mass is 127. The standard InChI is InChI=1S/C18H22N4O4.HI/c1-12-3-4-14(9-13(12)2)21-18(19)20-10-16(23)11-26-17-7-5-15(6-8-17)22(24)25;/h3-9,16,23H,10-11H2,1-2H3,(H3,19,20,21);1H. The third-order valence-corrected chi connectivity index (χ3v) is 3.74. The molecule has 0 aliphatic heterocycles. The first-order valence-electron chi connectivity index (χ1n) is 8.04. The number of anilines is 1. The number of nitrogens with two attached hydrogens (primary N) is 1. The van der Waals surface area contributed by atoms with Crippen molar-refractivity contribution in [3.63, 3.8) is 0 Å². The molecule has 0 aliphatic carbocycles. The molecule has 0 saturated carbocycles. The minimum Gasteiger partial charge on any atom is -0.491 e. The van der Waals surface area contributed by atoms with E-state index in [1.807, 2.05) is 32.0 Å². The average molecular weight is 486 g/mol. The number of halogens is 1. The predicted molar refractivity (Wildman–Crippen MR) is 116 cm³/mol. The summed E-state index contributed by atoms with van der Waals surface area (Å²) in [6, 6.07) is 11.5. The van der Waals surface area contributed by atoms with E-state index < -0.39 is 11.0 Å². The zero-order valence-electron chi connectivity index (χ0n) is 15.1. The fourth-order valence-corrected chi connectivity index (χ4v) is 2.12. The lowest BCUT2D eigenvalue weighted by atomic mass is 10.1. The van der Waals surface area contributed by atoms with Gasteiger partial charge in [0.15, 0.2) is 5.96 Å². The van der Waals surface area contributed by atoms with E-state index in [2.05, 4.69) is 10.3 Å². The van der Waals surface area contributed by atoms with Gasteiger partial charge >= 0.3 is 0 Å². The number of rotatable bonds is 7. The lowest BCUT2D eigenvalue weighted by Crippen LogP contribution is -2.27. The van der Waals surface area contributed by atoms with E-state index in [0.717, 1.165) is 11.3 Å². The number of non-ortho nitro benzene ring substituents is 1. The molecule has 2 aromatic rings. The molecule has 0 aromatic heterocycles. The molecule has 2 aromatic carbocycles. The van der Waals surface area contributed by atoms with E-state index in [1.165, 1.54) is 29.8 Å². The highest BCUT2D eigenvalue weighted by molar-refractivity contribution is 14.0. The number of nitrogens with zero attached hydrogens (tertiary/aromatic N) is 2. The SMILES string of the molecule is Cc1ccc(NC(N)=NCC(O)COc2ccc([N+](=O)[O-])cc2)cc1C.I. The van der Waals surface area contributed by atoms with Gasteiger partial charge in [-0.3, -0.25) is 15.1 Å². The highest BCUT2D eigenvalue weighted by Gasteiger charge is 2.08. The Balaban J connectivity index is 0.00000364. The van der Waals surface area contributed by atoms with Crippen LogP contribution in [-0.2, 0) is 0 Å². The second-order valence-corrected chi connectivity index (χ2v) is 5.87. The van der Waals surface area contributed by atoms with E-state index >= 15 is 0 Å². The summed E-state index contributed by atoms with van der Waals surface area (Å²) >= 11 is 0. The molecule has 1 atom stereocenters. The fraction of sp³-hybridized carbons (Fsp3) is 0.278. The maximum absolute atomic E-state index is 10.6. The number of aliphatic hydroxyl groups is 1. The van der Waals surface area contributed by atoms with Crippen LogP contribution in [0.5, 0.6) is 5.75 Å². The second kappa shape index (κ2) is 10.7. The third kappa shape index (κ3) is 7.39. The van der Waals surface area contributed by atoms with Crippen LogP contribution in [0, 0.1) is 24.0 Å². The molecule has 27 heavy (non-hydrogen) atoms. The number of hydrogen-bond donors (Lipinski definition) is 3. The molecule has 0 radical (unpaired) electrons. The van der Waals surface area contributed by atoms with Crippen LogP contribution >= 0.6 is 24.0 Å². The Bertz CT molecular complexity index is 796. The van der Waals surface area contributed by atoms with Gasteiger partial charge in [0.25, 0.3) is 5.69 Å². The van der Waals surface area contributed by atoms with Crippen LogP contribution in [0.3, 0.4) is 0 Å². The number of hydrogen-bond acceptors (Lipinski definition) is 5. The van der Waals surface area contributed by atoms with Gasteiger partial charge < -0.3 is 20.9 Å². The highest BCUT2D eigenvalue weighted by Crippen LogP contribution is 2.17. The molecule has 2 rings (SSSR count). The molecule has 9 heteroatoms. The Kier molecular flexibility index (Phi) is 8.95. The largest absolute Gasteiger partial charge is 0.491 e. The summed E-state index contributed by atoms with van der Waals surface area (Å²) in [6.45, 7) is 4.10. The van der Waals surface area contributed by atoms with Crippen molar-refractivity contribution in [1.29, 1.82) is 0 Å². The molecule has 1 unspecified atom stereocenters. The molecule has 0 aliphatic rings. The second-order valence-electron chi connectivity index (χ2n) is 5.87. The number of aliphatic imine (C=N–C) groups is 1. The van der Waals surface area contributed by atoms with Crippen molar-refractivity contribution in [1.82, 2.24) is 0 Å². The molecule has 0 bridgehead atoms. The maximum atomic E-state index is 10.6. The van der Waals surface area contributed by atoms with Gasteiger partial charge in [-0.15, -0.1) is 24.0 Å². The molecule has 0 amide bonds. The first-order valence-corrected chi connectivity index (χ1v) is 8.04. The zero-order valence-corrected chi connectivity index (χ0v) is 17.4. The van der Waals surface area contributed by atoms with Crippen molar-refractivity contribution in [3.05, 3.63) is 63.7 Å². The number of nitrogens with one attached hydrogen (secondary N) is 1. The zero-order chi connectivity index (χ0) is 19.1. The number of benzene rings is 2. The monoisotopic (exact) mass is 486 g/mol. The number of guanidine groups is 1. The summed E-state index contributed by atoms with van der Waals surface area (Å²) < 4.78 is 5.38. The van der Waals surface area contributed by atoms with Gasteiger partial charge in [-0.1, -0.05) is 6.07 Å². The Morgan fingerprint density at radius 3 is 2.52 bits per heavy atom. The van der Waals surface area contributed by atoms with Crippen LogP contribution in [0.4, 0.5) is 11.4 Å². The topological polar surface area (TPSA) is 123 Å². The summed E-state index contributed by atoms with van der Waals surface area (Å²) in [6.07, 6.45) is -0.856. The number of ether oxygens (including phenoxy) is 1. The van der Waals surface area contributed by atoms with Crippen molar-refractivity contribution in [2.75, 3.05) is 18.5 Å². The van der Waals surface area contributed by atoms with E-state index in [9.17, 15) is 15.2 Å². The lowest BCUT2D eigenvalue weighted by Gasteiger charge is -2.12. The van der Waals surface area contributed by atoms with Crippen LogP contribution in [-0.4, -0.2) is 35.2 Å². The smallest absolute Gasteiger partial charge is 0.269 e. The van der Waals surface area contributed by atoms with Crippen molar-refractivity contribution < 1.29 is 14.8 Å². The summed E-state index contributed by atoms with van der Waals surface area (Å²) in [5.74, 6) is 0.627. The summed E-state index contributed by atoms with van der Waals surface area (Å²) in [7, 11) is 0. The van der Waals surface area contributed by atoms with E-state index in [-0.39, 0.29) is 48.8 Å². The number of aryl methyl sites for hydroxylation is 2. The van der Waals surface area contributed by atoms with Gasteiger partial charge in [0.1, 0.15) is 18.5 Å². The van der Waals surface area contributed by atoms with E-state index in [4.69, 9.17) is 10.5 Å². The Morgan fingerprint density at radius 2 is 1.93 bits per heavy atom. The fourth-order valence-electron chi connectivity index (χ4n) is 2.12. The maximum Gasteiger partial charge on any atom is 0.269 e. The molecule has 0 saturated heterocycles. The molecule has 146 valence electrons. The van der Waals surface area contributed by atoms with Gasteiger partial charge in [0.05, 0.1) is 11.5 Å². The van der Waals surface area contributed by atoms with Crippen molar-refractivity contribution in [2.24, 2.45) is 10.7 Å². The molecule has 8 nitrogen and oxygen atoms in total. The van der Waals surface area contributed by atoms with Crippen LogP contribution < -0.4 is 15.8 Å². The number of nitro groups is 1. The molecule has 0 fully saturated rings. The van der Waals surface area contributed by atoms with Crippen molar-refractivity contribution in [3.8, 4) is 5.75 Å². The molecular weight excluding hydrogens is 463 g/mol. The molecule has 4 N–H and O–H groups in total. The van der Waals surface area contributed by atoms with Crippen molar-refractivity contribution >= 4 is 41.3 Å². The van der Waals surface area contributed by atoms with Crippen LogP contribution in [0.15, 0.2) is 47.5 Å². The van der Waals surface area contributed by atoms with Gasteiger partial charge in [0, 0.05) is 17.8 Å². The molecular formula is C18H23IN4O4. The van der Waals surface area contributed by atoms with E-state index in [0.29, 0.717) is 5.75 Å². The first-order chi connectivity index (χ1) is 12.3. The Labute approximate surface area is 174 Å². The van der Waals surface area contributed by atoms with Gasteiger partial charge in [-0.25, -0.2) is 0 Å². The molecule has 0 heterocycles. The minimum absolute atomic E-state index is 0.